The van der Waals surface area contributed by atoms with Crippen LogP contribution in [0.1, 0.15) is 11.1 Å². The molecule has 0 fully saturated rings. The van der Waals surface area contributed by atoms with E-state index in [4.69, 9.17) is 0 Å². The number of hydrogen-bond donors (Lipinski definition) is 1. The minimum absolute atomic E-state index is 0.104. The summed E-state index contributed by atoms with van der Waals surface area (Å²) in [7, 11) is 0. The molecule has 2 nitrogen and oxygen atoms in total. The number of anilines is 1. The Bertz CT molecular complexity index is 323. The second-order valence-electron chi connectivity index (χ2n) is 2.99. The van der Waals surface area contributed by atoms with E-state index in [9.17, 15) is 4.79 Å². The molecule has 1 amide bonds. The monoisotopic (exact) mass is 194 g/mol. The van der Waals surface area contributed by atoms with Crippen molar-refractivity contribution in [3.63, 3.8) is 0 Å². The fraction of sp³-hybridized carbons (Fsp3) is 0.300. The minimum Gasteiger partial charge on any atom is -0.325 e. The molecular weight excluding hydrogens is 182 g/mol. The first-order valence-corrected chi connectivity index (χ1v) is 4.66. The normalized spacial score (nSPS) is 9.77. The third-order valence-electron chi connectivity index (χ3n) is 1.92. The summed E-state index contributed by atoms with van der Waals surface area (Å²) in [5, 5.41) is 2.72. The van der Waals surface area contributed by atoms with E-state index in [0.717, 1.165) is 5.69 Å². The van der Waals surface area contributed by atoms with Crippen molar-refractivity contribution in [1.82, 2.24) is 0 Å². The second-order valence-corrected chi connectivity index (χ2v) is 3.28. The minimum atomic E-state index is -0.127. The van der Waals surface area contributed by atoms with Gasteiger partial charge in [-0.25, -0.2) is 0 Å². The summed E-state index contributed by atoms with van der Waals surface area (Å²) in [6, 6.07) is 5.80. The molecule has 69 valence electrons. The van der Waals surface area contributed by atoms with E-state index in [1.165, 1.54) is 11.1 Å². The number of rotatable bonds is 2. The van der Waals surface area contributed by atoms with Crippen molar-refractivity contribution in [3.8, 4) is 0 Å². The van der Waals surface area contributed by atoms with Gasteiger partial charge in [0.25, 0.3) is 0 Å². The molecular formula is C10H12NOS. The summed E-state index contributed by atoms with van der Waals surface area (Å²) in [5.74, 6) is -0.0225. The van der Waals surface area contributed by atoms with Crippen LogP contribution in [0.25, 0.3) is 0 Å². The van der Waals surface area contributed by atoms with E-state index < -0.39 is 0 Å². The average molecular weight is 194 g/mol. The summed E-state index contributed by atoms with van der Waals surface area (Å²) in [4.78, 5) is 11.0. The van der Waals surface area contributed by atoms with Gasteiger partial charge in [0.05, 0.1) is 5.75 Å². The van der Waals surface area contributed by atoms with E-state index in [0.29, 0.717) is 0 Å². The standard InChI is InChI=1S/C10H12NOS/c1-7-3-4-9(5-8(7)2)11-10(12)6-13/h3-5H,6H2,1-2H3,(H,11,12). The largest absolute Gasteiger partial charge is 0.325 e. The van der Waals surface area contributed by atoms with Crippen LogP contribution in [0, 0.1) is 13.8 Å². The highest BCUT2D eigenvalue weighted by atomic mass is 32.1. The zero-order valence-corrected chi connectivity index (χ0v) is 8.57. The first kappa shape index (κ1) is 10.1. The molecule has 1 aromatic rings. The smallest absolute Gasteiger partial charge is 0.235 e. The van der Waals surface area contributed by atoms with Crippen LogP contribution in [-0.4, -0.2) is 11.7 Å². The van der Waals surface area contributed by atoms with Gasteiger partial charge in [0.2, 0.25) is 5.91 Å². The molecule has 0 saturated carbocycles. The van der Waals surface area contributed by atoms with Gasteiger partial charge in [0, 0.05) is 5.69 Å². The van der Waals surface area contributed by atoms with Crippen LogP contribution >= 0.6 is 12.6 Å². The predicted octanol–water partition coefficient (Wildman–Crippen LogP) is 2.44. The van der Waals surface area contributed by atoms with Gasteiger partial charge in [-0.1, -0.05) is 18.7 Å². The van der Waals surface area contributed by atoms with Gasteiger partial charge in [-0.05, 0) is 37.1 Å². The topological polar surface area (TPSA) is 29.1 Å². The molecule has 1 rings (SSSR count). The summed E-state index contributed by atoms with van der Waals surface area (Å²) >= 11 is 4.62. The highest BCUT2D eigenvalue weighted by Gasteiger charge is 2.00. The number of carbonyl (C=O) groups is 1. The van der Waals surface area contributed by atoms with E-state index in [1.54, 1.807) is 0 Å². The molecule has 0 heterocycles. The Balaban J connectivity index is 2.79. The Morgan fingerprint density at radius 2 is 2.08 bits per heavy atom. The van der Waals surface area contributed by atoms with Crippen molar-refractivity contribution in [2.45, 2.75) is 13.8 Å². The maximum absolute atomic E-state index is 11.0. The zero-order valence-electron chi connectivity index (χ0n) is 7.76. The van der Waals surface area contributed by atoms with E-state index in [2.05, 4.69) is 17.9 Å². The van der Waals surface area contributed by atoms with Crippen molar-refractivity contribution < 1.29 is 4.79 Å². The molecule has 0 aliphatic carbocycles. The maximum Gasteiger partial charge on any atom is 0.235 e. The van der Waals surface area contributed by atoms with Crippen molar-refractivity contribution >= 4 is 24.2 Å². The first-order valence-electron chi connectivity index (χ1n) is 4.08. The van der Waals surface area contributed by atoms with Crippen LogP contribution in [0.4, 0.5) is 5.69 Å². The highest BCUT2D eigenvalue weighted by molar-refractivity contribution is 7.81. The molecule has 1 N–H and O–H groups in total. The van der Waals surface area contributed by atoms with Crippen LogP contribution in [0.5, 0.6) is 0 Å². The lowest BCUT2D eigenvalue weighted by Gasteiger charge is -2.05. The van der Waals surface area contributed by atoms with Gasteiger partial charge >= 0.3 is 0 Å². The molecule has 13 heavy (non-hydrogen) atoms. The lowest BCUT2D eigenvalue weighted by atomic mass is 10.1. The van der Waals surface area contributed by atoms with Gasteiger partial charge in [-0.15, -0.1) is 0 Å². The molecule has 0 saturated heterocycles. The SMILES string of the molecule is Cc1ccc(NC(=O)C[S])cc1C. The van der Waals surface area contributed by atoms with E-state index in [-0.39, 0.29) is 11.7 Å². The molecule has 0 unspecified atom stereocenters. The fourth-order valence-corrected chi connectivity index (χ4v) is 1.09. The number of carbonyl (C=O) groups excluding carboxylic acids is 1. The molecule has 1 radical (unpaired) electrons. The number of benzene rings is 1. The van der Waals surface area contributed by atoms with E-state index >= 15 is 0 Å². The van der Waals surface area contributed by atoms with E-state index in [1.807, 2.05) is 32.0 Å². The Morgan fingerprint density at radius 3 is 2.62 bits per heavy atom. The highest BCUT2D eigenvalue weighted by Crippen LogP contribution is 2.13. The Hall–Kier alpha value is -0.960. The number of amides is 1. The average Bonchev–Trinajstić information content (AvgIpc) is 2.11. The first-order chi connectivity index (χ1) is 6.13. The summed E-state index contributed by atoms with van der Waals surface area (Å²) in [6.07, 6.45) is 0. The van der Waals surface area contributed by atoms with Crippen molar-refractivity contribution in [3.05, 3.63) is 29.3 Å². The molecule has 0 atom stereocenters. The van der Waals surface area contributed by atoms with Gasteiger partial charge in [-0.3, -0.25) is 4.79 Å². The summed E-state index contributed by atoms with van der Waals surface area (Å²) < 4.78 is 0. The predicted molar refractivity (Wildman–Crippen MR) is 57.0 cm³/mol. The summed E-state index contributed by atoms with van der Waals surface area (Å²) in [5.41, 5.74) is 3.21. The Morgan fingerprint density at radius 1 is 1.38 bits per heavy atom. The Labute approximate surface area is 83.8 Å². The summed E-state index contributed by atoms with van der Waals surface area (Å²) in [6.45, 7) is 4.05. The molecule has 0 aromatic heterocycles. The second kappa shape index (κ2) is 4.33. The number of aryl methyl sites for hydroxylation is 2. The fourth-order valence-electron chi connectivity index (χ4n) is 1.02. The van der Waals surface area contributed by atoms with Crippen LogP contribution in [0.2, 0.25) is 0 Å². The van der Waals surface area contributed by atoms with Gasteiger partial charge in [-0.2, -0.15) is 0 Å². The van der Waals surface area contributed by atoms with Crippen molar-refractivity contribution in [2.24, 2.45) is 0 Å². The molecule has 0 aliphatic rings. The lowest BCUT2D eigenvalue weighted by molar-refractivity contribution is -0.113. The Kier molecular flexibility index (Phi) is 3.37. The van der Waals surface area contributed by atoms with Gasteiger partial charge in [0.1, 0.15) is 0 Å². The molecule has 0 aliphatic heterocycles. The third-order valence-corrected chi connectivity index (χ3v) is 2.18. The number of nitrogens with one attached hydrogen (secondary N) is 1. The molecule has 1 aromatic carbocycles. The van der Waals surface area contributed by atoms with Crippen LogP contribution in [0.15, 0.2) is 18.2 Å². The van der Waals surface area contributed by atoms with Gasteiger partial charge < -0.3 is 5.32 Å². The van der Waals surface area contributed by atoms with Crippen molar-refractivity contribution in [2.75, 3.05) is 11.1 Å². The van der Waals surface area contributed by atoms with Crippen LogP contribution < -0.4 is 5.32 Å². The zero-order chi connectivity index (χ0) is 9.84. The number of hydrogen-bond acceptors (Lipinski definition) is 1. The quantitative estimate of drug-likeness (QED) is 0.769. The molecule has 3 heteroatoms. The van der Waals surface area contributed by atoms with Gasteiger partial charge in [0.15, 0.2) is 0 Å². The third kappa shape index (κ3) is 2.77. The molecule has 0 bridgehead atoms. The lowest BCUT2D eigenvalue weighted by Crippen LogP contribution is -2.12. The van der Waals surface area contributed by atoms with Crippen LogP contribution in [0.3, 0.4) is 0 Å². The maximum atomic E-state index is 11.0. The van der Waals surface area contributed by atoms with Crippen LogP contribution in [-0.2, 0) is 4.79 Å². The molecule has 0 spiro atoms. The van der Waals surface area contributed by atoms with Crippen molar-refractivity contribution in [1.29, 1.82) is 0 Å².